The van der Waals surface area contributed by atoms with Crippen molar-refractivity contribution in [3.8, 4) is 0 Å². The molecule has 2 aromatic carbocycles. The first kappa shape index (κ1) is 19.6. The lowest BCUT2D eigenvalue weighted by molar-refractivity contribution is 0.0952. The number of hydrogen-bond donors (Lipinski definition) is 1. The fraction of sp³-hybridized carbons (Fsp3) is 0.333. The summed E-state index contributed by atoms with van der Waals surface area (Å²) in [7, 11) is 0. The smallest absolute Gasteiger partial charge is 0.252 e. The zero-order chi connectivity index (χ0) is 20.1. The molecule has 0 saturated carbocycles. The number of likely N-dealkylation sites (N-methyl/N-ethyl adjacent to an activating group) is 1. The molecule has 1 saturated heterocycles. The molecule has 150 valence electrons. The summed E-state index contributed by atoms with van der Waals surface area (Å²) >= 11 is 0. The minimum Gasteiger partial charge on any atom is -0.348 e. The number of piperazine rings is 1. The average Bonchev–Trinajstić information content (AvgIpc) is 2.78. The van der Waals surface area contributed by atoms with Gasteiger partial charge in [0.2, 0.25) is 0 Å². The van der Waals surface area contributed by atoms with Gasteiger partial charge in [-0.25, -0.2) is 0 Å². The Balaban J connectivity index is 1.33. The molecule has 1 aliphatic heterocycles. The van der Waals surface area contributed by atoms with Gasteiger partial charge < -0.3 is 10.2 Å². The van der Waals surface area contributed by atoms with Gasteiger partial charge in [0.1, 0.15) is 0 Å². The van der Waals surface area contributed by atoms with Crippen LogP contribution in [0.25, 0.3) is 10.9 Å². The van der Waals surface area contributed by atoms with Crippen LogP contribution in [0.3, 0.4) is 0 Å². The highest BCUT2D eigenvalue weighted by Crippen LogP contribution is 2.16. The van der Waals surface area contributed by atoms with Gasteiger partial charge in [-0.3, -0.25) is 14.7 Å². The monoisotopic (exact) mass is 388 g/mol. The highest BCUT2D eigenvalue weighted by Gasteiger charge is 2.15. The fourth-order valence-electron chi connectivity index (χ4n) is 3.86. The predicted octanol–water partition coefficient (Wildman–Crippen LogP) is 3.30. The van der Waals surface area contributed by atoms with Crippen LogP contribution >= 0.6 is 0 Å². The molecule has 0 atom stereocenters. The number of pyridine rings is 1. The van der Waals surface area contributed by atoms with Gasteiger partial charge in [-0.05, 0) is 29.8 Å². The quantitative estimate of drug-likeness (QED) is 0.704. The normalized spacial score (nSPS) is 15.5. The minimum atomic E-state index is -0.0681. The maximum atomic E-state index is 12.7. The largest absolute Gasteiger partial charge is 0.348 e. The van der Waals surface area contributed by atoms with E-state index in [0.29, 0.717) is 12.1 Å². The Morgan fingerprint density at radius 3 is 2.38 bits per heavy atom. The SMILES string of the molecule is CCN1CCN(Cc2ccc(CNC(=O)c3ccnc4ccccc34)cc2)CC1. The molecule has 29 heavy (non-hydrogen) atoms. The summed E-state index contributed by atoms with van der Waals surface area (Å²) in [6.45, 7) is 9.46. The molecule has 5 nitrogen and oxygen atoms in total. The first-order valence-electron chi connectivity index (χ1n) is 10.4. The van der Waals surface area contributed by atoms with E-state index >= 15 is 0 Å². The van der Waals surface area contributed by atoms with Crippen LogP contribution in [-0.4, -0.2) is 53.4 Å². The number of fused-ring (bicyclic) bond motifs is 1. The Hall–Kier alpha value is -2.76. The van der Waals surface area contributed by atoms with Gasteiger partial charge in [-0.2, -0.15) is 0 Å². The molecule has 1 N–H and O–H groups in total. The lowest BCUT2D eigenvalue weighted by Crippen LogP contribution is -2.45. The second-order valence-corrected chi connectivity index (χ2v) is 7.59. The number of nitrogens with one attached hydrogen (secondary N) is 1. The second-order valence-electron chi connectivity index (χ2n) is 7.59. The van der Waals surface area contributed by atoms with Crippen LogP contribution in [-0.2, 0) is 13.1 Å². The van der Waals surface area contributed by atoms with Gasteiger partial charge in [0.15, 0.2) is 0 Å². The molecule has 1 aliphatic rings. The van der Waals surface area contributed by atoms with Crippen molar-refractivity contribution in [3.05, 3.63) is 77.5 Å². The number of amides is 1. The van der Waals surface area contributed by atoms with Crippen molar-refractivity contribution in [1.82, 2.24) is 20.1 Å². The van der Waals surface area contributed by atoms with Crippen molar-refractivity contribution in [1.29, 1.82) is 0 Å². The number of hydrogen-bond acceptors (Lipinski definition) is 4. The first-order valence-corrected chi connectivity index (χ1v) is 10.4. The molecule has 0 bridgehead atoms. The molecule has 2 heterocycles. The van der Waals surface area contributed by atoms with E-state index in [2.05, 4.69) is 51.3 Å². The Kier molecular flexibility index (Phi) is 6.17. The van der Waals surface area contributed by atoms with E-state index in [1.807, 2.05) is 24.3 Å². The van der Waals surface area contributed by atoms with Crippen LogP contribution in [0.1, 0.15) is 28.4 Å². The zero-order valence-electron chi connectivity index (χ0n) is 17.0. The summed E-state index contributed by atoms with van der Waals surface area (Å²) < 4.78 is 0. The molecule has 1 amide bonds. The van der Waals surface area contributed by atoms with E-state index in [1.165, 1.54) is 5.56 Å². The fourth-order valence-corrected chi connectivity index (χ4v) is 3.86. The van der Waals surface area contributed by atoms with E-state index in [1.54, 1.807) is 12.3 Å². The van der Waals surface area contributed by atoms with Crippen LogP contribution in [0.5, 0.6) is 0 Å². The molecule has 0 radical (unpaired) electrons. The average molecular weight is 389 g/mol. The Bertz CT molecular complexity index is 957. The van der Waals surface area contributed by atoms with Crippen molar-refractivity contribution in [2.24, 2.45) is 0 Å². The van der Waals surface area contributed by atoms with Gasteiger partial charge in [0.05, 0.1) is 11.1 Å². The van der Waals surface area contributed by atoms with Crippen LogP contribution < -0.4 is 5.32 Å². The number of para-hydroxylation sites is 1. The van der Waals surface area contributed by atoms with E-state index in [0.717, 1.165) is 55.7 Å². The number of rotatable bonds is 6. The minimum absolute atomic E-state index is 0.0681. The molecule has 0 spiro atoms. The summed E-state index contributed by atoms with van der Waals surface area (Å²) in [4.78, 5) is 22.0. The third-order valence-corrected chi connectivity index (χ3v) is 5.69. The van der Waals surface area contributed by atoms with Crippen LogP contribution in [0.4, 0.5) is 0 Å². The summed E-state index contributed by atoms with van der Waals surface area (Å²) in [5.41, 5.74) is 3.93. The van der Waals surface area contributed by atoms with Gasteiger partial charge in [-0.1, -0.05) is 49.4 Å². The molecule has 3 aromatic rings. The molecule has 0 aliphatic carbocycles. The van der Waals surface area contributed by atoms with Crippen LogP contribution in [0.15, 0.2) is 60.8 Å². The Labute approximate surface area is 172 Å². The van der Waals surface area contributed by atoms with Crippen LogP contribution in [0.2, 0.25) is 0 Å². The lowest BCUT2D eigenvalue weighted by atomic mass is 10.1. The third kappa shape index (κ3) is 4.81. The topological polar surface area (TPSA) is 48.5 Å². The van der Waals surface area contributed by atoms with Crippen molar-refractivity contribution < 1.29 is 4.79 Å². The molecule has 1 fully saturated rings. The van der Waals surface area contributed by atoms with Crippen molar-refractivity contribution in [2.45, 2.75) is 20.0 Å². The second kappa shape index (κ2) is 9.16. The number of benzene rings is 2. The summed E-state index contributed by atoms with van der Waals surface area (Å²) in [5.74, 6) is -0.0681. The van der Waals surface area contributed by atoms with E-state index in [9.17, 15) is 4.79 Å². The standard InChI is InChI=1S/C24H28N4O/c1-2-27-13-15-28(16-14-27)18-20-9-7-19(8-10-20)17-26-24(29)22-11-12-25-23-6-4-3-5-21(22)23/h3-12H,2,13-18H2,1H3,(H,26,29). The van der Waals surface area contributed by atoms with Gasteiger partial charge >= 0.3 is 0 Å². The molecular weight excluding hydrogens is 360 g/mol. The van der Waals surface area contributed by atoms with Gasteiger partial charge in [0.25, 0.3) is 5.91 Å². The van der Waals surface area contributed by atoms with Gasteiger partial charge in [-0.15, -0.1) is 0 Å². The highest BCUT2D eigenvalue weighted by molar-refractivity contribution is 6.05. The zero-order valence-corrected chi connectivity index (χ0v) is 17.0. The predicted molar refractivity (Wildman–Crippen MR) is 117 cm³/mol. The Morgan fingerprint density at radius 1 is 0.931 bits per heavy atom. The molecular formula is C24H28N4O. The molecule has 0 unspecified atom stereocenters. The number of aromatic nitrogens is 1. The lowest BCUT2D eigenvalue weighted by Gasteiger charge is -2.34. The van der Waals surface area contributed by atoms with Crippen LogP contribution in [0, 0.1) is 0 Å². The van der Waals surface area contributed by atoms with Crippen molar-refractivity contribution in [3.63, 3.8) is 0 Å². The number of nitrogens with zero attached hydrogens (tertiary/aromatic N) is 3. The highest BCUT2D eigenvalue weighted by atomic mass is 16.1. The number of carbonyl (C=O) groups excluding carboxylic acids is 1. The van der Waals surface area contributed by atoms with Gasteiger partial charge in [0, 0.05) is 50.9 Å². The van der Waals surface area contributed by atoms with E-state index < -0.39 is 0 Å². The number of carbonyl (C=O) groups is 1. The molecule has 5 heteroatoms. The first-order chi connectivity index (χ1) is 14.2. The summed E-state index contributed by atoms with van der Waals surface area (Å²) in [6, 6.07) is 18.1. The third-order valence-electron chi connectivity index (χ3n) is 5.69. The van der Waals surface area contributed by atoms with E-state index in [-0.39, 0.29) is 5.91 Å². The maximum Gasteiger partial charge on any atom is 0.252 e. The summed E-state index contributed by atoms with van der Waals surface area (Å²) in [5, 5.41) is 3.92. The van der Waals surface area contributed by atoms with Crippen molar-refractivity contribution >= 4 is 16.8 Å². The molecule has 4 rings (SSSR count). The maximum absolute atomic E-state index is 12.7. The van der Waals surface area contributed by atoms with E-state index in [4.69, 9.17) is 0 Å². The Morgan fingerprint density at radius 2 is 1.62 bits per heavy atom. The summed E-state index contributed by atoms with van der Waals surface area (Å²) in [6.07, 6.45) is 1.69. The van der Waals surface area contributed by atoms with Crippen molar-refractivity contribution in [2.75, 3.05) is 32.7 Å². The molecule has 1 aromatic heterocycles.